The number of nitrogens with one attached hydrogen (secondary N) is 1. The van der Waals surface area contributed by atoms with E-state index in [1.807, 2.05) is 23.1 Å². The molecule has 2 aromatic rings. The molecule has 0 radical (unpaired) electrons. The number of methoxy groups -OCH3 is 1. The highest BCUT2D eigenvalue weighted by Gasteiger charge is 2.41. The number of ether oxygens (including phenoxy) is 2. The average Bonchev–Trinajstić information content (AvgIpc) is 2.86. The number of hydrogen-bond acceptors (Lipinski definition) is 5. The molecule has 0 aliphatic carbocycles. The maximum Gasteiger partial charge on any atom is 0.255 e. The number of piperidine rings is 1. The zero-order valence-electron chi connectivity index (χ0n) is 15.8. The van der Waals surface area contributed by atoms with Crippen molar-refractivity contribution in [2.45, 2.75) is 24.9 Å². The molecule has 1 spiro atoms. The number of hydrogen-bond donors (Lipinski definition) is 1. The number of fused-ring (bicyclic) bond motifs is 1. The molecule has 2 aliphatic rings. The monoisotopic (exact) mass is 381 g/mol. The SMILES string of the molecule is COc1ccc2c(c1)C(=O)NCC1(CCN(C(=O)Cc3ccccn3)CC1)O2. The Morgan fingerprint density at radius 2 is 2.11 bits per heavy atom. The van der Waals surface area contributed by atoms with Crippen molar-refractivity contribution in [3.63, 3.8) is 0 Å². The fourth-order valence-corrected chi connectivity index (χ4v) is 3.72. The van der Waals surface area contributed by atoms with E-state index in [-0.39, 0.29) is 11.8 Å². The first-order valence-corrected chi connectivity index (χ1v) is 9.41. The van der Waals surface area contributed by atoms with Gasteiger partial charge in [0.25, 0.3) is 5.91 Å². The number of aromatic nitrogens is 1. The van der Waals surface area contributed by atoms with E-state index in [0.717, 1.165) is 5.69 Å². The molecule has 1 aromatic heterocycles. The second-order valence-electron chi connectivity index (χ2n) is 7.21. The van der Waals surface area contributed by atoms with Gasteiger partial charge in [-0.2, -0.15) is 0 Å². The molecule has 1 N–H and O–H groups in total. The molecule has 7 heteroatoms. The van der Waals surface area contributed by atoms with Crippen LogP contribution in [0.5, 0.6) is 11.5 Å². The van der Waals surface area contributed by atoms with Crippen molar-refractivity contribution in [2.75, 3.05) is 26.7 Å². The number of benzene rings is 1. The average molecular weight is 381 g/mol. The Balaban J connectivity index is 1.44. The lowest BCUT2D eigenvalue weighted by molar-refractivity contribution is -0.133. The van der Waals surface area contributed by atoms with E-state index in [9.17, 15) is 9.59 Å². The van der Waals surface area contributed by atoms with Crippen LogP contribution in [0.15, 0.2) is 42.6 Å². The summed E-state index contributed by atoms with van der Waals surface area (Å²) >= 11 is 0. The van der Waals surface area contributed by atoms with Gasteiger partial charge < -0.3 is 19.7 Å². The summed E-state index contributed by atoms with van der Waals surface area (Å²) in [5, 5.41) is 2.96. The van der Waals surface area contributed by atoms with Gasteiger partial charge in [-0.15, -0.1) is 0 Å². The summed E-state index contributed by atoms with van der Waals surface area (Å²) in [6.07, 6.45) is 3.32. The number of pyridine rings is 1. The van der Waals surface area contributed by atoms with Crippen molar-refractivity contribution in [1.29, 1.82) is 0 Å². The molecule has 3 heterocycles. The fourth-order valence-electron chi connectivity index (χ4n) is 3.72. The van der Waals surface area contributed by atoms with Crippen molar-refractivity contribution < 1.29 is 19.1 Å². The van der Waals surface area contributed by atoms with Gasteiger partial charge >= 0.3 is 0 Å². The highest BCUT2D eigenvalue weighted by molar-refractivity contribution is 5.97. The normalized spacial score (nSPS) is 17.9. The van der Waals surface area contributed by atoms with Gasteiger partial charge in [0.15, 0.2) is 0 Å². The standard InChI is InChI=1S/C21H23N3O4/c1-27-16-5-6-18-17(13-16)20(26)23-14-21(28-18)7-10-24(11-8-21)19(25)12-15-4-2-3-9-22-15/h2-6,9,13H,7-8,10-12,14H2,1H3,(H,23,26). The summed E-state index contributed by atoms with van der Waals surface area (Å²) in [5.41, 5.74) is 0.746. The van der Waals surface area contributed by atoms with E-state index >= 15 is 0 Å². The molecule has 2 amide bonds. The van der Waals surface area contributed by atoms with Gasteiger partial charge in [0, 0.05) is 37.8 Å². The van der Waals surface area contributed by atoms with Crippen molar-refractivity contribution in [3.8, 4) is 11.5 Å². The Kier molecular flexibility index (Phi) is 4.90. The first kappa shape index (κ1) is 18.3. The van der Waals surface area contributed by atoms with Crippen LogP contribution in [0.3, 0.4) is 0 Å². The molecule has 0 unspecified atom stereocenters. The molecule has 7 nitrogen and oxygen atoms in total. The highest BCUT2D eigenvalue weighted by atomic mass is 16.5. The van der Waals surface area contributed by atoms with Crippen molar-refractivity contribution in [1.82, 2.24) is 15.2 Å². The number of likely N-dealkylation sites (tertiary alicyclic amines) is 1. The van der Waals surface area contributed by atoms with Crippen LogP contribution >= 0.6 is 0 Å². The Bertz CT molecular complexity index is 876. The first-order chi connectivity index (χ1) is 13.6. The summed E-state index contributed by atoms with van der Waals surface area (Å²) in [6, 6.07) is 10.8. The number of carbonyl (C=O) groups excluding carboxylic acids is 2. The smallest absolute Gasteiger partial charge is 0.255 e. The Morgan fingerprint density at radius 1 is 1.29 bits per heavy atom. The Labute approximate surface area is 163 Å². The van der Waals surface area contributed by atoms with Gasteiger partial charge in [-0.3, -0.25) is 14.6 Å². The largest absolute Gasteiger partial charge is 0.497 e. The Morgan fingerprint density at radius 3 is 2.82 bits per heavy atom. The second-order valence-corrected chi connectivity index (χ2v) is 7.21. The summed E-state index contributed by atoms with van der Waals surface area (Å²) in [7, 11) is 1.57. The number of amides is 2. The van der Waals surface area contributed by atoms with E-state index in [2.05, 4.69) is 10.3 Å². The fraction of sp³-hybridized carbons (Fsp3) is 0.381. The molecule has 2 aliphatic heterocycles. The minimum absolute atomic E-state index is 0.0661. The maximum absolute atomic E-state index is 12.6. The lowest BCUT2D eigenvalue weighted by atomic mass is 9.90. The van der Waals surface area contributed by atoms with Gasteiger partial charge in [-0.1, -0.05) is 6.07 Å². The third-order valence-electron chi connectivity index (χ3n) is 5.41. The molecule has 28 heavy (non-hydrogen) atoms. The van der Waals surface area contributed by atoms with Crippen LogP contribution in [-0.4, -0.2) is 54.0 Å². The van der Waals surface area contributed by atoms with Crippen molar-refractivity contribution >= 4 is 11.8 Å². The maximum atomic E-state index is 12.6. The predicted molar refractivity (Wildman–Crippen MR) is 102 cm³/mol. The molecule has 1 aromatic carbocycles. The summed E-state index contributed by atoms with van der Waals surface area (Å²) in [4.78, 5) is 31.1. The van der Waals surface area contributed by atoms with Crippen molar-refractivity contribution in [3.05, 3.63) is 53.9 Å². The molecule has 4 rings (SSSR count). The first-order valence-electron chi connectivity index (χ1n) is 9.41. The third-order valence-corrected chi connectivity index (χ3v) is 5.41. The molecule has 0 atom stereocenters. The lowest BCUT2D eigenvalue weighted by Crippen LogP contribution is -2.54. The summed E-state index contributed by atoms with van der Waals surface area (Å²) in [5.74, 6) is 1.07. The quantitative estimate of drug-likeness (QED) is 0.877. The molecule has 1 saturated heterocycles. The van der Waals surface area contributed by atoms with Crippen LogP contribution in [0, 0.1) is 0 Å². The van der Waals surface area contributed by atoms with Gasteiger partial charge in [0.2, 0.25) is 5.91 Å². The molecular formula is C21H23N3O4. The van der Waals surface area contributed by atoms with Gasteiger partial charge in [-0.25, -0.2) is 0 Å². The van der Waals surface area contributed by atoms with Crippen LogP contribution < -0.4 is 14.8 Å². The minimum Gasteiger partial charge on any atom is -0.497 e. The van der Waals surface area contributed by atoms with E-state index in [0.29, 0.717) is 56.0 Å². The van der Waals surface area contributed by atoms with Crippen LogP contribution in [0.4, 0.5) is 0 Å². The zero-order valence-corrected chi connectivity index (χ0v) is 15.8. The lowest BCUT2D eigenvalue weighted by Gasteiger charge is -2.41. The molecule has 146 valence electrons. The molecular weight excluding hydrogens is 358 g/mol. The van der Waals surface area contributed by atoms with Gasteiger partial charge in [-0.05, 0) is 30.3 Å². The zero-order chi connectivity index (χ0) is 19.6. The third kappa shape index (κ3) is 3.65. The van der Waals surface area contributed by atoms with Gasteiger partial charge in [0.1, 0.15) is 17.1 Å². The van der Waals surface area contributed by atoms with Gasteiger partial charge in [0.05, 0.1) is 25.6 Å². The highest BCUT2D eigenvalue weighted by Crippen LogP contribution is 2.34. The van der Waals surface area contributed by atoms with Crippen LogP contribution in [0.2, 0.25) is 0 Å². The minimum atomic E-state index is -0.503. The van der Waals surface area contributed by atoms with Crippen LogP contribution in [0.1, 0.15) is 28.9 Å². The van der Waals surface area contributed by atoms with Crippen molar-refractivity contribution in [2.24, 2.45) is 0 Å². The number of carbonyl (C=O) groups is 2. The number of nitrogens with zero attached hydrogens (tertiary/aromatic N) is 2. The molecule has 0 bridgehead atoms. The molecule has 1 fully saturated rings. The summed E-state index contributed by atoms with van der Waals surface area (Å²) in [6.45, 7) is 1.60. The van der Waals surface area contributed by atoms with Crippen LogP contribution in [-0.2, 0) is 11.2 Å². The molecule has 0 saturated carbocycles. The Hall–Kier alpha value is -3.09. The van der Waals surface area contributed by atoms with E-state index in [4.69, 9.17) is 9.47 Å². The van der Waals surface area contributed by atoms with E-state index in [1.165, 1.54) is 0 Å². The summed E-state index contributed by atoms with van der Waals surface area (Å²) < 4.78 is 11.5. The number of rotatable bonds is 3. The topological polar surface area (TPSA) is 80.8 Å². The second kappa shape index (κ2) is 7.50. The predicted octanol–water partition coefficient (Wildman–Crippen LogP) is 1.82. The van der Waals surface area contributed by atoms with E-state index in [1.54, 1.807) is 31.5 Å². The van der Waals surface area contributed by atoms with E-state index < -0.39 is 5.60 Å². The van der Waals surface area contributed by atoms with Crippen LogP contribution in [0.25, 0.3) is 0 Å².